The molecule has 5 rings (SSSR count). The van der Waals surface area contributed by atoms with E-state index in [1.165, 1.54) is 42.0 Å². The minimum Gasteiger partial charge on any atom is -0.341 e. The van der Waals surface area contributed by atoms with Gasteiger partial charge in [0.25, 0.3) is 5.69 Å². The van der Waals surface area contributed by atoms with E-state index in [9.17, 15) is 10.1 Å². The fourth-order valence-electron chi connectivity index (χ4n) is 3.98. The van der Waals surface area contributed by atoms with Gasteiger partial charge in [-0.25, -0.2) is 4.98 Å². The molecule has 0 saturated carbocycles. The summed E-state index contributed by atoms with van der Waals surface area (Å²) in [6, 6.07) is 4.75. The highest BCUT2D eigenvalue weighted by atomic mass is 32.2. The predicted octanol–water partition coefficient (Wildman–Crippen LogP) is 4.52. The van der Waals surface area contributed by atoms with Crippen LogP contribution in [0, 0.1) is 10.1 Å². The third kappa shape index (κ3) is 4.57. The molecule has 2 saturated heterocycles. The van der Waals surface area contributed by atoms with Crippen molar-refractivity contribution < 1.29 is 4.92 Å². The number of anilines is 2. The number of nitro groups is 1. The van der Waals surface area contributed by atoms with E-state index in [0.29, 0.717) is 5.16 Å². The van der Waals surface area contributed by atoms with Gasteiger partial charge in [0.05, 0.1) is 15.1 Å². The Kier molecular flexibility index (Phi) is 5.86. The molecule has 2 aliphatic heterocycles. The van der Waals surface area contributed by atoms with Crippen LogP contribution in [-0.2, 0) is 0 Å². The number of thiazole rings is 1. The summed E-state index contributed by atoms with van der Waals surface area (Å²) in [6.45, 7) is 3.88. The Hall–Kier alpha value is -2.53. The Morgan fingerprint density at radius 2 is 1.48 bits per heavy atom. The van der Waals surface area contributed by atoms with Crippen LogP contribution in [0.5, 0.6) is 0 Å². The van der Waals surface area contributed by atoms with Crippen molar-refractivity contribution >= 4 is 50.9 Å². The van der Waals surface area contributed by atoms with Crippen molar-refractivity contribution in [2.45, 2.75) is 48.0 Å². The molecule has 0 atom stereocenters. The van der Waals surface area contributed by atoms with Crippen molar-refractivity contribution in [1.82, 2.24) is 19.9 Å². The van der Waals surface area contributed by atoms with Crippen LogP contribution in [0.25, 0.3) is 10.2 Å². The Morgan fingerprint density at radius 1 is 0.871 bits per heavy atom. The number of nitro benzene ring substituents is 1. The number of aromatic nitrogens is 4. The summed E-state index contributed by atoms with van der Waals surface area (Å²) in [4.78, 5) is 34.2. The number of hydrogen-bond donors (Lipinski definition) is 0. The van der Waals surface area contributed by atoms with E-state index in [4.69, 9.17) is 15.0 Å². The fraction of sp³-hybridized carbons (Fsp3) is 0.500. The summed E-state index contributed by atoms with van der Waals surface area (Å²) in [5, 5.41) is 11.7. The van der Waals surface area contributed by atoms with Crippen LogP contribution in [0.2, 0.25) is 0 Å². The van der Waals surface area contributed by atoms with Crippen LogP contribution in [0.4, 0.5) is 17.6 Å². The maximum Gasteiger partial charge on any atom is 0.270 e. The lowest BCUT2D eigenvalue weighted by Crippen LogP contribution is -2.34. The van der Waals surface area contributed by atoms with Crippen LogP contribution < -0.4 is 9.80 Å². The Labute approximate surface area is 188 Å². The normalized spacial score (nSPS) is 17.3. The predicted molar refractivity (Wildman–Crippen MR) is 122 cm³/mol. The first-order valence-corrected chi connectivity index (χ1v) is 12.3. The molecule has 0 amide bonds. The van der Waals surface area contributed by atoms with E-state index in [1.54, 1.807) is 12.1 Å². The van der Waals surface area contributed by atoms with Gasteiger partial charge in [0.1, 0.15) is 0 Å². The first-order chi connectivity index (χ1) is 15.2. The Balaban J connectivity index is 1.46. The average Bonchev–Trinajstić information content (AvgIpc) is 3.21. The van der Waals surface area contributed by atoms with Crippen LogP contribution in [0.3, 0.4) is 0 Å². The first kappa shape index (κ1) is 20.4. The molecule has 31 heavy (non-hydrogen) atoms. The maximum absolute atomic E-state index is 11.1. The second-order valence-corrected chi connectivity index (χ2v) is 10.0. The van der Waals surface area contributed by atoms with Crippen molar-refractivity contribution in [3.05, 3.63) is 28.3 Å². The molecule has 3 aromatic rings. The summed E-state index contributed by atoms with van der Waals surface area (Å²) in [6.07, 6.45) is 7.13. The van der Waals surface area contributed by atoms with Crippen LogP contribution >= 0.6 is 23.1 Å². The zero-order chi connectivity index (χ0) is 21.2. The fourth-order valence-corrected chi connectivity index (χ4v) is 5.92. The zero-order valence-corrected chi connectivity index (χ0v) is 18.7. The van der Waals surface area contributed by atoms with E-state index in [0.717, 1.165) is 78.3 Å². The van der Waals surface area contributed by atoms with Gasteiger partial charge in [-0.15, -0.1) is 11.3 Å². The van der Waals surface area contributed by atoms with Crippen LogP contribution in [0.1, 0.15) is 38.5 Å². The van der Waals surface area contributed by atoms with Gasteiger partial charge in [0, 0.05) is 38.3 Å². The number of nitrogens with zero attached hydrogens (tertiary/aromatic N) is 7. The van der Waals surface area contributed by atoms with E-state index in [2.05, 4.69) is 14.8 Å². The van der Waals surface area contributed by atoms with E-state index in [1.807, 2.05) is 0 Å². The summed E-state index contributed by atoms with van der Waals surface area (Å²) >= 11 is 2.83. The molecule has 4 heterocycles. The van der Waals surface area contributed by atoms with Gasteiger partial charge in [-0.05, 0) is 56.4 Å². The quantitative estimate of drug-likeness (QED) is 0.404. The minimum atomic E-state index is -0.381. The largest absolute Gasteiger partial charge is 0.341 e. The maximum atomic E-state index is 11.1. The molecule has 9 nitrogen and oxygen atoms in total. The van der Waals surface area contributed by atoms with Gasteiger partial charge >= 0.3 is 0 Å². The monoisotopic (exact) mass is 457 g/mol. The van der Waals surface area contributed by atoms with Crippen LogP contribution in [-0.4, -0.2) is 51.0 Å². The number of piperidine rings is 2. The highest BCUT2D eigenvalue weighted by molar-refractivity contribution is 8.01. The van der Waals surface area contributed by atoms with E-state index < -0.39 is 0 Å². The van der Waals surface area contributed by atoms with Gasteiger partial charge in [0.2, 0.25) is 17.1 Å². The molecule has 162 valence electrons. The third-order valence-corrected chi connectivity index (χ3v) is 7.55. The van der Waals surface area contributed by atoms with Crippen molar-refractivity contribution in [3.63, 3.8) is 0 Å². The molecule has 0 spiro atoms. The second-order valence-electron chi connectivity index (χ2n) is 7.80. The summed E-state index contributed by atoms with van der Waals surface area (Å²) < 4.78 is 1.56. The highest BCUT2D eigenvalue weighted by Gasteiger charge is 2.21. The van der Waals surface area contributed by atoms with Gasteiger partial charge in [-0.2, -0.15) is 15.0 Å². The summed E-state index contributed by atoms with van der Waals surface area (Å²) in [5.41, 5.74) is 0.826. The van der Waals surface area contributed by atoms with Gasteiger partial charge in [0.15, 0.2) is 4.34 Å². The molecular weight excluding hydrogens is 434 g/mol. The van der Waals surface area contributed by atoms with E-state index in [-0.39, 0.29) is 10.6 Å². The lowest BCUT2D eigenvalue weighted by molar-refractivity contribution is -0.384. The first-order valence-electron chi connectivity index (χ1n) is 10.6. The minimum absolute atomic E-state index is 0.0765. The van der Waals surface area contributed by atoms with Crippen molar-refractivity contribution in [2.24, 2.45) is 0 Å². The molecule has 0 N–H and O–H groups in total. The number of hydrogen-bond acceptors (Lipinski definition) is 10. The molecule has 1 aromatic carbocycles. The highest BCUT2D eigenvalue weighted by Crippen LogP contribution is 2.35. The standard InChI is InChI=1S/C20H23N7O2S2/c28-27(29)14-7-8-15-16(13-14)30-20(21-15)31-19-23-17(25-9-3-1-4-10-25)22-18(24-19)26-11-5-2-6-12-26/h7-8,13H,1-6,9-12H2. The van der Waals surface area contributed by atoms with Crippen LogP contribution in [0.15, 0.2) is 27.7 Å². The Morgan fingerprint density at radius 3 is 2.06 bits per heavy atom. The number of fused-ring (bicyclic) bond motifs is 1. The number of non-ortho nitro benzene ring substituents is 1. The van der Waals surface area contributed by atoms with Crippen molar-refractivity contribution in [1.29, 1.82) is 0 Å². The molecule has 2 aliphatic rings. The molecule has 11 heteroatoms. The summed E-state index contributed by atoms with van der Waals surface area (Å²) in [7, 11) is 0. The topological polar surface area (TPSA) is 101 Å². The second kappa shape index (κ2) is 8.91. The molecular formula is C20H23N7O2S2. The summed E-state index contributed by atoms with van der Waals surface area (Å²) in [5.74, 6) is 1.49. The number of benzene rings is 1. The van der Waals surface area contributed by atoms with Gasteiger partial charge < -0.3 is 9.80 Å². The van der Waals surface area contributed by atoms with E-state index >= 15 is 0 Å². The molecule has 0 radical (unpaired) electrons. The molecule has 0 unspecified atom stereocenters. The Bertz CT molecular complexity index is 1060. The SMILES string of the molecule is O=[N+]([O-])c1ccc2nc(Sc3nc(N4CCCCC4)nc(N4CCCCC4)n3)sc2c1. The molecule has 0 bridgehead atoms. The molecule has 0 aliphatic carbocycles. The van der Waals surface area contributed by atoms with Gasteiger partial charge in [-0.3, -0.25) is 10.1 Å². The lowest BCUT2D eigenvalue weighted by atomic mass is 10.1. The molecule has 2 fully saturated rings. The zero-order valence-electron chi connectivity index (χ0n) is 17.1. The van der Waals surface area contributed by atoms with Crippen molar-refractivity contribution in [2.75, 3.05) is 36.0 Å². The lowest BCUT2D eigenvalue weighted by Gasteiger charge is -2.30. The average molecular weight is 458 g/mol. The smallest absolute Gasteiger partial charge is 0.270 e. The number of rotatable bonds is 5. The van der Waals surface area contributed by atoms with Gasteiger partial charge in [-0.1, -0.05) is 0 Å². The molecule has 2 aromatic heterocycles. The third-order valence-electron chi connectivity index (χ3n) is 5.61. The van der Waals surface area contributed by atoms with Crippen molar-refractivity contribution in [3.8, 4) is 0 Å².